The number of nitrogens with one attached hydrogen (secondary N) is 2. The Bertz CT molecular complexity index is 647. The third kappa shape index (κ3) is 6.64. The summed E-state index contributed by atoms with van der Waals surface area (Å²) >= 11 is 6.07. The highest BCUT2D eigenvalue weighted by atomic mass is 35.5. The van der Waals surface area contributed by atoms with Crippen LogP contribution in [0, 0.1) is 0 Å². The Hall–Kier alpha value is -1.51. The molecule has 0 spiro atoms. The quantitative estimate of drug-likeness (QED) is 0.776. The second-order valence-electron chi connectivity index (χ2n) is 5.29. The van der Waals surface area contributed by atoms with Gasteiger partial charge >= 0.3 is 6.03 Å². The van der Waals surface area contributed by atoms with Crippen molar-refractivity contribution >= 4 is 33.3 Å². The Labute approximate surface area is 142 Å². The molecule has 0 atom stereocenters. The average molecular weight is 364 g/mol. The van der Waals surface area contributed by atoms with Gasteiger partial charge in [-0.15, -0.1) is 0 Å². The summed E-state index contributed by atoms with van der Waals surface area (Å²) in [6.45, 7) is 3.78. The van der Waals surface area contributed by atoms with Crippen LogP contribution in [0.1, 0.15) is 13.8 Å². The lowest BCUT2D eigenvalue weighted by Gasteiger charge is -2.14. The van der Waals surface area contributed by atoms with E-state index in [0.29, 0.717) is 16.5 Å². The first-order valence-electron chi connectivity index (χ1n) is 7.03. The first-order valence-corrected chi connectivity index (χ1v) is 9.02. The van der Waals surface area contributed by atoms with Crippen LogP contribution in [0.25, 0.3) is 0 Å². The van der Waals surface area contributed by atoms with Crippen molar-refractivity contribution in [2.45, 2.75) is 20.0 Å². The Morgan fingerprint density at radius 3 is 2.52 bits per heavy atom. The largest absolute Gasteiger partial charge is 0.489 e. The van der Waals surface area contributed by atoms with E-state index >= 15 is 0 Å². The van der Waals surface area contributed by atoms with E-state index < -0.39 is 16.1 Å². The molecule has 23 heavy (non-hydrogen) atoms. The monoisotopic (exact) mass is 363 g/mol. The molecule has 0 fully saturated rings. The number of carbonyl (C=O) groups is 1. The predicted molar refractivity (Wildman–Crippen MR) is 91.7 cm³/mol. The Balaban J connectivity index is 2.53. The molecule has 1 rings (SSSR count). The summed E-state index contributed by atoms with van der Waals surface area (Å²) < 4.78 is 29.7. The van der Waals surface area contributed by atoms with Crippen LogP contribution < -0.4 is 15.4 Å². The Kier molecular flexibility index (Phi) is 7.11. The summed E-state index contributed by atoms with van der Waals surface area (Å²) in [7, 11) is -0.452. The number of amides is 2. The third-order valence-electron chi connectivity index (χ3n) is 2.75. The molecular formula is C14H22ClN3O4S. The number of rotatable bonds is 7. The number of sulfonamides is 1. The molecule has 0 aromatic heterocycles. The topological polar surface area (TPSA) is 87.7 Å². The van der Waals surface area contributed by atoms with E-state index in [1.807, 2.05) is 13.8 Å². The molecule has 2 amide bonds. The van der Waals surface area contributed by atoms with E-state index in [1.54, 1.807) is 18.2 Å². The van der Waals surface area contributed by atoms with Crippen molar-refractivity contribution < 1.29 is 17.9 Å². The minimum atomic E-state index is -3.34. The number of hydrogen-bond acceptors (Lipinski definition) is 4. The molecule has 0 unspecified atom stereocenters. The number of anilines is 1. The molecule has 0 aliphatic rings. The van der Waals surface area contributed by atoms with Gasteiger partial charge in [0.25, 0.3) is 0 Å². The van der Waals surface area contributed by atoms with Crippen LogP contribution in [0.4, 0.5) is 10.5 Å². The van der Waals surface area contributed by atoms with Crippen molar-refractivity contribution in [2.75, 3.05) is 31.7 Å². The number of benzene rings is 1. The molecule has 0 radical (unpaired) electrons. The van der Waals surface area contributed by atoms with Crippen LogP contribution in [-0.2, 0) is 10.0 Å². The van der Waals surface area contributed by atoms with E-state index in [4.69, 9.17) is 16.3 Å². The summed E-state index contributed by atoms with van der Waals surface area (Å²) in [6, 6.07) is 4.37. The van der Waals surface area contributed by atoms with E-state index in [0.717, 1.165) is 4.31 Å². The fourth-order valence-electron chi connectivity index (χ4n) is 1.58. The highest BCUT2D eigenvalue weighted by Gasteiger charge is 2.14. The molecule has 0 aliphatic carbocycles. The highest BCUT2D eigenvalue weighted by Crippen LogP contribution is 2.28. The highest BCUT2D eigenvalue weighted by molar-refractivity contribution is 7.89. The molecule has 2 N–H and O–H groups in total. The average Bonchev–Trinajstić information content (AvgIpc) is 2.41. The van der Waals surface area contributed by atoms with Gasteiger partial charge in [-0.1, -0.05) is 11.6 Å². The smallest absolute Gasteiger partial charge is 0.319 e. The first-order chi connectivity index (χ1) is 10.6. The predicted octanol–water partition coefficient (Wildman–Crippen LogP) is 2.14. The van der Waals surface area contributed by atoms with Gasteiger partial charge in [0.1, 0.15) is 5.75 Å². The standard InChI is InChI=1S/C14H22ClN3O4S/c1-10(2)22-13-6-5-11(9-12(13)15)17-14(19)16-7-8-23(20,21)18(3)4/h5-6,9-10H,7-8H2,1-4H3,(H2,16,17,19). The molecule has 130 valence electrons. The minimum Gasteiger partial charge on any atom is -0.489 e. The van der Waals surface area contributed by atoms with Crippen molar-refractivity contribution in [3.05, 3.63) is 23.2 Å². The van der Waals surface area contributed by atoms with Crippen molar-refractivity contribution in [2.24, 2.45) is 0 Å². The zero-order valence-corrected chi connectivity index (χ0v) is 15.2. The van der Waals surface area contributed by atoms with Crippen molar-refractivity contribution in [3.63, 3.8) is 0 Å². The number of carbonyl (C=O) groups excluding carboxylic acids is 1. The van der Waals surface area contributed by atoms with Gasteiger partial charge in [0.2, 0.25) is 10.0 Å². The van der Waals surface area contributed by atoms with Crippen LogP contribution in [0.3, 0.4) is 0 Å². The summed E-state index contributed by atoms with van der Waals surface area (Å²) in [5.74, 6) is 0.361. The van der Waals surface area contributed by atoms with Gasteiger partial charge in [0, 0.05) is 26.3 Å². The lowest BCUT2D eigenvalue weighted by molar-refractivity contribution is 0.242. The SMILES string of the molecule is CC(C)Oc1ccc(NC(=O)NCCS(=O)(=O)N(C)C)cc1Cl. The molecule has 7 nitrogen and oxygen atoms in total. The van der Waals surface area contributed by atoms with Crippen LogP contribution in [-0.4, -0.2) is 51.3 Å². The van der Waals surface area contributed by atoms with Gasteiger partial charge in [-0.05, 0) is 32.0 Å². The Morgan fingerprint density at radius 2 is 2.00 bits per heavy atom. The molecular weight excluding hydrogens is 342 g/mol. The zero-order valence-electron chi connectivity index (χ0n) is 13.6. The minimum absolute atomic E-state index is 0.00625. The van der Waals surface area contributed by atoms with Crippen molar-refractivity contribution in [3.8, 4) is 5.75 Å². The molecule has 0 saturated carbocycles. The van der Waals surface area contributed by atoms with Gasteiger partial charge in [0.15, 0.2) is 0 Å². The van der Waals surface area contributed by atoms with Crippen LogP contribution in [0.15, 0.2) is 18.2 Å². The number of hydrogen-bond donors (Lipinski definition) is 2. The van der Waals surface area contributed by atoms with E-state index in [9.17, 15) is 13.2 Å². The lowest BCUT2D eigenvalue weighted by atomic mass is 10.3. The van der Waals surface area contributed by atoms with E-state index in [1.165, 1.54) is 14.1 Å². The first kappa shape index (κ1) is 19.5. The number of urea groups is 1. The fraction of sp³-hybridized carbons (Fsp3) is 0.500. The van der Waals surface area contributed by atoms with Gasteiger partial charge in [0.05, 0.1) is 16.9 Å². The number of nitrogens with zero attached hydrogens (tertiary/aromatic N) is 1. The van der Waals surface area contributed by atoms with E-state index in [-0.39, 0.29) is 18.4 Å². The molecule has 1 aromatic rings. The molecule has 9 heteroatoms. The second-order valence-corrected chi connectivity index (χ2v) is 8.00. The maximum absolute atomic E-state index is 11.7. The molecule has 1 aromatic carbocycles. The van der Waals surface area contributed by atoms with Gasteiger partial charge < -0.3 is 15.4 Å². The maximum atomic E-state index is 11.7. The van der Waals surface area contributed by atoms with Crippen molar-refractivity contribution in [1.29, 1.82) is 0 Å². The summed E-state index contributed by atoms with van der Waals surface area (Å²) in [5, 5.41) is 5.44. The third-order valence-corrected chi connectivity index (χ3v) is 4.88. The second kappa shape index (κ2) is 8.37. The summed E-state index contributed by atoms with van der Waals surface area (Å²) in [6.07, 6.45) is -0.00625. The van der Waals surface area contributed by atoms with Gasteiger partial charge in [-0.2, -0.15) is 0 Å². The molecule has 0 saturated heterocycles. The van der Waals surface area contributed by atoms with Crippen LogP contribution >= 0.6 is 11.6 Å². The van der Waals surface area contributed by atoms with Gasteiger partial charge in [-0.25, -0.2) is 17.5 Å². The lowest BCUT2D eigenvalue weighted by Crippen LogP contribution is -2.36. The zero-order chi connectivity index (χ0) is 17.6. The summed E-state index contributed by atoms with van der Waals surface area (Å²) in [5.41, 5.74) is 0.485. The van der Waals surface area contributed by atoms with Gasteiger partial charge in [-0.3, -0.25) is 0 Å². The normalized spacial score (nSPS) is 11.6. The molecule has 0 bridgehead atoms. The summed E-state index contributed by atoms with van der Waals surface area (Å²) in [4.78, 5) is 11.7. The maximum Gasteiger partial charge on any atom is 0.319 e. The van der Waals surface area contributed by atoms with Crippen LogP contribution in [0.5, 0.6) is 5.75 Å². The molecule has 0 aliphatic heterocycles. The van der Waals surface area contributed by atoms with E-state index in [2.05, 4.69) is 10.6 Å². The Morgan fingerprint density at radius 1 is 1.35 bits per heavy atom. The van der Waals surface area contributed by atoms with Crippen LogP contribution in [0.2, 0.25) is 5.02 Å². The molecule has 0 heterocycles. The number of ether oxygens (including phenoxy) is 1. The van der Waals surface area contributed by atoms with Crippen molar-refractivity contribution in [1.82, 2.24) is 9.62 Å². The number of halogens is 1. The fourth-order valence-corrected chi connectivity index (χ4v) is 2.53.